The van der Waals surface area contributed by atoms with Crippen molar-refractivity contribution in [2.75, 3.05) is 0 Å². The largest absolute Gasteiger partial charge is 0.361 e. The van der Waals surface area contributed by atoms with Crippen LogP contribution in [0.25, 0.3) is 0 Å². The number of hydrogen-bond donors (Lipinski definition) is 0. The van der Waals surface area contributed by atoms with Gasteiger partial charge in [-0.2, -0.15) is 0 Å². The lowest BCUT2D eigenvalue weighted by molar-refractivity contribution is 0.0953. The van der Waals surface area contributed by atoms with Crippen LogP contribution in [0.2, 0.25) is 0 Å². The predicted molar refractivity (Wildman–Crippen MR) is 74.2 cm³/mol. The molecule has 2 heteroatoms. The van der Waals surface area contributed by atoms with Crippen molar-refractivity contribution < 1.29 is 9.53 Å². The average molecular weight is 252 g/mol. The fraction of sp³-hybridized carbons (Fsp3) is 0.235. The number of ether oxygens (including phenoxy) is 1. The molecule has 96 valence electrons. The van der Waals surface area contributed by atoms with Crippen LogP contribution >= 0.6 is 0 Å². The zero-order valence-corrected chi connectivity index (χ0v) is 10.7. The van der Waals surface area contributed by atoms with Gasteiger partial charge in [0, 0.05) is 5.56 Å². The molecule has 0 spiro atoms. The zero-order valence-electron chi connectivity index (χ0n) is 10.7. The summed E-state index contributed by atoms with van der Waals surface area (Å²) < 4.78 is 5.51. The molecule has 2 nitrogen and oxygen atoms in total. The summed E-state index contributed by atoms with van der Waals surface area (Å²) in [6.07, 6.45) is 1.73. The van der Waals surface area contributed by atoms with Gasteiger partial charge in [-0.1, -0.05) is 60.7 Å². The molecule has 1 fully saturated rings. The van der Waals surface area contributed by atoms with Crippen molar-refractivity contribution in [3.63, 3.8) is 0 Å². The fourth-order valence-electron chi connectivity index (χ4n) is 2.31. The first-order chi connectivity index (χ1) is 9.34. The van der Waals surface area contributed by atoms with E-state index < -0.39 is 0 Å². The Bertz CT molecular complexity index is 548. The topological polar surface area (TPSA) is 29.6 Å². The van der Waals surface area contributed by atoms with Crippen LogP contribution < -0.4 is 0 Å². The summed E-state index contributed by atoms with van der Waals surface area (Å²) in [6.45, 7) is 0. The maximum absolute atomic E-state index is 12.1. The first-order valence-corrected chi connectivity index (χ1v) is 6.63. The Kier molecular flexibility index (Phi) is 3.43. The van der Waals surface area contributed by atoms with Crippen LogP contribution in [-0.2, 0) is 11.2 Å². The summed E-state index contributed by atoms with van der Waals surface area (Å²) in [5, 5.41) is 0. The van der Waals surface area contributed by atoms with E-state index in [-0.39, 0.29) is 18.0 Å². The van der Waals surface area contributed by atoms with E-state index in [9.17, 15) is 4.79 Å². The van der Waals surface area contributed by atoms with Crippen molar-refractivity contribution in [3.05, 3.63) is 71.8 Å². The summed E-state index contributed by atoms with van der Waals surface area (Å²) in [6, 6.07) is 19.7. The van der Waals surface area contributed by atoms with Gasteiger partial charge in [-0.25, -0.2) is 0 Å². The Morgan fingerprint density at radius 3 is 2.26 bits per heavy atom. The molecule has 1 aliphatic heterocycles. The van der Waals surface area contributed by atoms with E-state index >= 15 is 0 Å². The van der Waals surface area contributed by atoms with Gasteiger partial charge in [0.25, 0.3) is 0 Å². The number of carbonyl (C=O) groups excluding carboxylic acids is 1. The summed E-state index contributed by atoms with van der Waals surface area (Å²) in [5.74, 6) is 0.110. The minimum Gasteiger partial charge on any atom is -0.361 e. The van der Waals surface area contributed by atoms with Crippen molar-refractivity contribution in [3.8, 4) is 0 Å². The number of rotatable bonds is 5. The number of carbonyl (C=O) groups is 1. The molecular weight excluding hydrogens is 236 g/mol. The second kappa shape index (κ2) is 5.37. The molecule has 1 saturated heterocycles. The molecule has 0 saturated carbocycles. The number of benzene rings is 2. The molecule has 19 heavy (non-hydrogen) atoms. The van der Waals surface area contributed by atoms with Gasteiger partial charge in [-0.15, -0.1) is 0 Å². The maximum Gasteiger partial charge on any atom is 0.194 e. The second-order valence-electron chi connectivity index (χ2n) is 4.85. The molecule has 0 N–H and O–H groups in total. The number of aryl methyl sites for hydroxylation is 1. The zero-order chi connectivity index (χ0) is 13.1. The van der Waals surface area contributed by atoms with Crippen LogP contribution in [0, 0.1) is 0 Å². The monoisotopic (exact) mass is 252 g/mol. The molecule has 0 aromatic heterocycles. The van der Waals surface area contributed by atoms with Gasteiger partial charge in [-0.05, 0) is 18.4 Å². The Labute approximate surface area is 113 Å². The fourth-order valence-corrected chi connectivity index (χ4v) is 2.31. The van der Waals surface area contributed by atoms with E-state index in [1.807, 2.05) is 48.5 Å². The molecule has 0 aliphatic carbocycles. The lowest BCUT2D eigenvalue weighted by atomic mass is 10.0. The average Bonchev–Trinajstić information content (AvgIpc) is 3.26. The number of ketones is 1. The molecular formula is C17H16O2. The standard InChI is InChI=1S/C17H16O2/c18-16(14-9-5-2-6-10-14)17-15(19-17)12-11-13-7-3-1-4-8-13/h1-10,15,17H,11-12H2/t15-,17+/m0/s1. The van der Waals surface area contributed by atoms with Crippen LogP contribution in [0.3, 0.4) is 0 Å². The van der Waals surface area contributed by atoms with Gasteiger partial charge in [0.2, 0.25) is 0 Å². The Balaban J connectivity index is 1.53. The van der Waals surface area contributed by atoms with Crippen LogP contribution in [-0.4, -0.2) is 18.0 Å². The molecule has 0 amide bonds. The van der Waals surface area contributed by atoms with Gasteiger partial charge in [0.1, 0.15) is 6.10 Å². The van der Waals surface area contributed by atoms with E-state index in [0.29, 0.717) is 0 Å². The lowest BCUT2D eigenvalue weighted by Gasteiger charge is -1.98. The molecule has 3 rings (SSSR count). The van der Waals surface area contributed by atoms with Gasteiger partial charge < -0.3 is 4.74 Å². The van der Waals surface area contributed by atoms with Crippen molar-refractivity contribution in [2.45, 2.75) is 25.0 Å². The highest BCUT2D eigenvalue weighted by Crippen LogP contribution is 2.29. The summed E-state index contributed by atoms with van der Waals surface area (Å²) >= 11 is 0. The van der Waals surface area contributed by atoms with Gasteiger partial charge in [0.15, 0.2) is 5.78 Å². The third-order valence-corrected chi connectivity index (χ3v) is 3.46. The van der Waals surface area contributed by atoms with E-state index in [0.717, 1.165) is 18.4 Å². The summed E-state index contributed by atoms with van der Waals surface area (Å²) in [5.41, 5.74) is 2.04. The van der Waals surface area contributed by atoms with Crippen LogP contribution in [0.4, 0.5) is 0 Å². The van der Waals surface area contributed by atoms with E-state index in [1.165, 1.54) is 5.56 Å². The minimum atomic E-state index is -0.230. The van der Waals surface area contributed by atoms with Crippen molar-refractivity contribution in [1.82, 2.24) is 0 Å². The molecule has 2 aromatic rings. The Hall–Kier alpha value is -1.93. The Morgan fingerprint density at radius 1 is 0.947 bits per heavy atom. The minimum absolute atomic E-state index is 0.0907. The first-order valence-electron chi connectivity index (χ1n) is 6.63. The molecule has 2 atom stereocenters. The molecule has 0 bridgehead atoms. The Morgan fingerprint density at radius 2 is 1.58 bits per heavy atom. The van der Waals surface area contributed by atoms with Gasteiger partial charge in [-0.3, -0.25) is 4.79 Å². The highest BCUT2D eigenvalue weighted by atomic mass is 16.6. The van der Waals surface area contributed by atoms with Gasteiger partial charge >= 0.3 is 0 Å². The van der Waals surface area contributed by atoms with Crippen molar-refractivity contribution in [2.24, 2.45) is 0 Å². The van der Waals surface area contributed by atoms with Crippen molar-refractivity contribution >= 4 is 5.78 Å². The highest BCUT2D eigenvalue weighted by Gasteiger charge is 2.44. The van der Waals surface area contributed by atoms with E-state index in [4.69, 9.17) is 4.74 Å². The van der Waals surface area contributed by atoms with E-state index in [2.05, 4.69) is 12.1 Å². The molecule has 0 unspecified atom stereocenters. The second-order valence-corrected chi connectivity index (χ2v) is 4.85. The van der Waals surface area contributed by atoms with Crippen LogP contribution in [0.5, 0.6) is 0 Å². The predicted octanol–water partition coefficient (Wildman–Crippen LogP) is 3.27. The summed E-state index contributed by atoms with van der Waals surface area (Å²) in [4.78, 5) is 12.1. The quantitative estimate of drug-likeness (QED) is 0.603. The first kappa shape index (κ1) is 12.1. The summed E-state index contributed by atoms with van der Waals surface area (Å²) in [7, 11) is 0. The number of Topliss-reactive ketones (excluding diaryl/α,β-unsaturated/α-hetero) is 1. The molecule has 1 heterocycles. The molecule has 2 aromatic carbocycles. The van der Waals surface area contributed by atoms with Crippen LogP contribution in [0.1, 0.15) is 22.3 Å². The number of epoxide rings is 1. The third-order valence-electron chi connectivity index (χ3n) is 3.46. The number of hydrogen-bond acceptors (Lipinski definition) is 2. The van der Waals surface area contributed by atoms with E-state index in [1.54, 1.807) is 0 Å². The smallest absolute Gasteiger partial charge is 0.194 e. The SMILES string of the molecule is O=C(c1ccccc1)[C@@H]1O[C@H]1CCc1ccccc1. The van der Waals surface area contributed by atoms with Gasteiger partial charge in [0.05, 0.1) is 6.10 Å². The lowest BCUT2D eigenvalue weighted by Crippen LogP contribution is -2.10. The third kappa shape index (κ3) is 2.91. The highest BCUT2D eigenvalue weighted by molar-refractivity contribution is 6.01. The van der Waals surface area contributed by atoms with Crippen molar-refractivity contribution in [1.29, 1.82) is 0 Å². The van der Waals surface area contributed by atoms with Crippen LogP contribution in [0.15, 0.2) is 60.7 Å². The molecule has 0 radical (unpaired) electrons. The maximum atomic E-state index is 12.1. The normalized spacial score (nSPS) is 21.1. The molecule has 1 aliphatic rings.